The number of carbonyl (C=O) groups excluding carboxylic acids is 1. The van der Waals surface area contributed by atoms with Crippen molar-refractivity contribution in [2.24, 2.45) is 0 Å². The summed E-state index contributed by atoms with van der Waals surface area (Å²) < 4.78 is 5.00. The summed E-state index contributed by atoms with van der Waals surface area (Å²) in [5.41, 5.74) is 1.69. The van der Waals surface area contributed by atoms with Crippen molar-refractivity contribution in [2.75, 3.05) is 18.3 Å². The summed E-state index contributed by atoms with van der Waals surface area (Å²) in [5.74, 6) is -0.253. The number of carbonyl (C=O) groups is 1. The van der Waals surface area contributed by atoms with Crippen LogP contribution in [0.15, 0.2) is 24.3 Å². The molecule has 1 aromatic carbocycles. The van der Waals surface area contributed by atoms with E-state index >= 15 is 0 Å². The number of methoxy groups -OCH3 is 1. The minimum Gasteiger partial charge on any atom is -0.380 e. The van der Waals surface area contributed by atoms with Crippen molar-refractivity contribution < 1.29 is 9.53 Å². The average Bonchev–Trinajstić information content (AvgIpc) is 2.21. The fraction of sp³-hybridized carbons (Fsp3) is 0.300. The van der Waals surface area contributed by atoms with E-state index in [0.29, 0.717) is 6.61 Å². The van der Waals surface area contributed by atoms with E-state index in [-0.39, 0.29) is 11.8 Å². The van der Waals surface area contributed by atoms with E-state index in [4.69, 9.17) is 16.3 Å². The zero-order chi connectivity index (χ0) is 10.4. The molecule has 0 saturated carbocycles. The van der Waals surface area contributed by atoms with E-state index in [1.165, 1.54) is 0 Å². The first kappa shape index (κ1) is 11.0. The molecule has 76 valence electrons. The summed E-state index contributed by atoms with van der Waals surface area (Å²) in [6.07, 6.45) is 0. The Morgan fingerprint density at radius 2 is 2.21 bits per heavy atom. The number of benzene rings is 1. The molecule has 0 bridgehead atoms. The fourth-order valence-corrected chi connectivity index (χ4v) is 1.17. The summed E-state index contributed by atoms with van der Waals surface area (Å²) >= 11 is 5.39. The van der Waals surface area contributed by atoms with Crippen LogP contribution in [-0.4, -0.2) is 18.9 Å². The monoisotopic (exact) mass is 213 g/mol. The van der Waals surface area contributed by atoms with Crippen LogP contribution in [0.3, 0.4) is 0 Å². The van der Waals surface area contributed by atoms with Crippen LogP contribution in [0.4, 0.5) is 5.69 Å². The van der Waals surface area contributed by atoms with Crippen molar-refractivity contribution in [3.05, 3.63) is 29.8 Å². The van der Waals surface area contributed by atoms with Crippen LogP contribution in [0, 0.1) is 0 Å². The quantitative estimate of drug-likeness (QED) is 0.778. The van der Waals surface area contributed by atoms with E-state index in [2.05, 4.69) is 5.32 Å². The molecule has 1 aromatic rings. The lowest BCUT2D eigenvalue weighted by molar-refractivity contribution is -0.113. The van der Waals surface area contributed by atoms with Crippen molar-refractivity contribution in [2.45, 2.75) is 6.61 Å². The molecule has 1 amide bonds. The third kappa shape index (κ3) is 3.01. The van der Waals surface area contributed by atoms with Crippen LogP contribution in [0.25, 0.3) is 0 Å². The Morgan fingerprint density at radius 1 is 1.50 bits per heavy atom. The smallest absolute Gasteiger partial charge is 0.239 e. The van der Waals surface area contributed by atoms with Gasteiger partial charge in [0.2, 0.25) is 5.91 Å². The van der Waals surface area contributed by atoms with E-state index in [1.54, 1.807) is 7.11 Å². The van der Waals surface area contributed by atoms with Gasteiger partial charge in [-0.2, -0.15) is 0 Å². The van der Waals surface area contributed by atoms with Crippen LogP contribution in [-0.2, 0) is 16.1 Å². The molecule has 1 N–H and O–H groups in total. The zero-order valence-electron chi connectivity index (χ0n) is 7.92. The molecular formula is C10H12ClNO2. The topological polar surface area (TPSA) is 38.3 Å². The molecule has 0 aliphatic rings. The molecule has 0 aromatic heterocycles. The fourth-order valence-electron chi connectivity index (χ4n) is 1.11. The van der Waals surface area contributed by atoms with Gasteiger partial charge in [0.15, 0.2) is 0 Å². The molecule has 0 radical (unpaired) electrons. The molecule has 3 nitrogen and oxygen atoms in total. The predicted molar refractivity (Wildman–Crippen MR) is 56.5 cm³/mol. The van der Waals surface area contributed by atoms with Gasteiger partial charge >= 0.3 is 0 Å². The number of ether oxygens (including phenoxy) is 1. The van der Waals surface area contributed by atoms with Crippen molar-refractivity contribution in [1.29, 1.82) is 0 Å². The zero-order valence-corrected chi connectivity index (χ0v) is 8.67. The lowest BCUT2D eigenvalue weighted by Crippen LogP contribution is -2.14. The second-order valence-corrected chi connectivity index (χ2v) is 3.04. The Labute approximate surface area is 88.0 Å². The molecule has 0 atom stereocenters. The number of halogens is 1. The normalized spacial score (nSPS) is 9.86. The summed E-state index contributed by atoms with van der Waals surface area (Å²) in [7, 11) is 1.61. The second kappa shape index (κ2) is 5.62. The van der Waals surface area contributed by atoms with Gasteiger partial charge in [-0.1, -0.05) is 18.2 Å². The van der Waals surface area contributed by atoms with Gasteiger partial charge in [0.1, 0.15) is 5.88 Å². The highest BCUT2D eigenvalue weighted by Gasteiger charge is 2.04. The Kier molecular flexibility index (Phi) is 4.43. The predicted octanol–water partition coefficient (Wildman–Crippen LogP) is 2.01. The van der Waals surface area contributed by atoms with E-state index in [1.807, 2.05) is 24.3 Å². The van der Waals surface area contributed by atoms with Gasteiger partial charge in [0.25, 0.3) is 0 Å². The van der Waals surface area contributed by atoms with E-state index in [9.17, 15) is 4.79 Å². The van der Waals surface area contributed by atoms with Crippen molar-refractivity contribution >= 4 is 23.2 Å². The molecule has 1 rings (SSSR count). The molecule has 0 fully saturated rings. The summed E-state index contributed by atoms with van der Waals surface area (Å²) in [4.78, 5) is 11.1. The molecular weight excluding hydrogens is 202 g/mol. The molecule has 0 aliphatic heterocycles. The highest BCUT2D eigenvalue weighted by molar-refractivity contribution is 6.29. The van der Waals surface area contributed by atoms with Crippen LogP contribution in [0.1, 0.15) is 5.56 Å². The third-order valence-electron chi connectivity index (χ3n) is 1.71. The summed E-state index contributed by atoms with van der Waals surface area (Å²) in [6, 6.07) is 7.46. The molecule has 0 saturated heterocycles. The minimum atomic E-state index is -0.213. The highest BCUT2D eigenvalue weighted by Crippen LogP contribution is 2.15. The number of para-hydroxylation sites is 1. The van der Waals surface area contributed by atoms with Crippen LogP contribution < -0.4 is 5.32 Å². The second-order valence-electron chi connectivity index (χ2n) is 2.77. The lowest BCUT2D eigenvalue weighted by atomic mass is 10.2. The maximum atomic E-state index is 11.1. The van der Waals surface area contributed by atoms with E-state index < -0.39 is 0 Å². The third-order valence-corrected chi connectivity index (χ3v) is 1.96. The Morgan fingerprint density at radius 3 is 2.86 bits per heavy atom. The SMILES string of the molecule is COCc1ccccc1NC(=O)CCl. The number of alkyl halides is 1. The maximum Gasteiger partial charge on any atom is 0.239 e. The van der Waals surface area contributed by atoms with Gasteiger partial charge in [-0.25, -0.2) is 0 Å². The van der Waals surface area contributed by atoms with Crippen LogP contribution in [0.5, 0.6) is 0 Å². The number of nitrogens with one attached hydrogen (secondary N) is 1. The number of hydrogen-bond acceptors (Lipinski definition) is 2. The van der Waals surface area contributed by atoms with Crippen LogP contribution in [0.2, 0.25) is 0 Å². The minimum absolute atomic E-state index is 0.0404. The van der Waals surface area contributed by atoms with Gasteiger partial charge < -0.3 is 10.1 Å². The Balaban J connectivity index is 2.78. The summed E-state index contributed by atoms with van der Waals surface area (Å²) in [6.45, 7) is 0.471. The summed E-state index contributed by atoms with van der Waals surface area (Å²) in [5, 5.41) is 2.69. The van der Waals surface area contributed by atoms with Crippen molar-refractivity contribution in [3.63, 3.8) is 0 Å². The number of rotatable bonds is 4. The van der Waals surface area contributed by atoms with Gasteiger partial charge in [-0.3, -0.25) is 4.79 Å². The van der Waals surface area contributed by atoms with Crippen LogP contribution >= 0.6 is 11.6 Å². The molecule has 0 heterocycles. The maximum absolute atomic E-state index is 11.1. The lowest BCUT2D eigenvalue weighted by Gasteiger charge is -2.08. The van der Waals surface area contributed by atoms with Crippen molar-refractivity contribution in [3.8, 4) is 0 Å². The molecule has 0 spiro atoms. The number of anilines is 1. The Hall–Kier alpha value is -1.06. The average molecular weight is 214 g/mol. The highest BCUT2D eigenvalue weighted by atomic mass is 35.5. The largest absolute Gasteiger partial charge is 0.380 e. The first-order chi connectivity index (χ1) is 6.77. The molecule has 0 unspecified atom stereocenters. The first-order valence-electron chi connectivity index (χ1n) is 4.20. The van der Waals surface area contributed by atoms with Gasteiger partial charge in [0.05, 0.1) is 6.61 Å². The van der Waals surface area contributed by atoms with Gasteiger partial charge in [-0.15, -0.1) is 11.6 Å². The Bertz CT molecular complexity index is 315. The number of amides is 1. The van der Waals surface area contributed by atoms with Gasteiger partial charge in [-0.05, 0) is 6.07 Å². The molecule has 14 heavy (non-hydrogen) atoms. The van der Waals surface area contributed by atoms with Crippen molar-refractivity contribution in [1.82, 2.24) is 0 Å². The number of hydrogen-bond donors (Lipinski definition) is 1. The standard InChI is InChI=1S/C10H12ClNO2/c1-14-7-8-4-2-3-5-9(8)12-10(13)6-11/h2-5H,6-7H2,1H3,(H,12,13). The molecule has 0 aliphatic carbocycles. The van der Waals surface area contributed by atoms with Gasteiger partial charge in [0, 0.05) is 18.4 Å². The first-order valence-corrected chi connectivity index (χ1v) is 4.74. The van der Waals surface area contributed by atoms with E-state index in [0.717, 1.165) is 11.3 Å². The molecule has 4 heteroatoms.